The fourth-order valence-corrected chi connectivity index (χ4v) is 2.66. The highest BCUT2D eigenvalue weighted by Crippen LogP contribution is 2.26. The van der Waals surface area contributed by atoms with Gasteiger partial charge in [0.25, 0.3) is 0 Å². The van der Waals surface area contributed by atoms with Crippen molar-refractivity contribution in [3.8, 4) is 5.69 Å². The van der Waals surface area contributed by atoms with Gasteiger partial charge in [-0.15, -0.1) is 11.6 Å². The minimum atomic E-state index is -0.328. The van der Waals surface area contributed by atoms with E-state index in [1.54, 1.807) is 17.6 Å². The van der Waals surface area contributed by atoms with E-state index >= 15 is 0 Å². The number of benzene rings is 2. The molecule has 0 atom stereocenters. The molecule has 0 aliphatic rings. The molecule has 0 saturated heterocycles. The van der Waals surface area contributed by atoms with Crippen LogP contribution in [0, 0.1) is 25.5 Å². The first kappa shape index (κ1) is 14.0. The largest absolute Gasteiger partial charge is 0.295 e. The third-order valence-corrected chi connectivity index (χ3v) is 3.65. The molecule has 21 heavy (non-hydrogen) atoms. The Morgan fingerprint density at radius 3 is 2.52 bits per heavy atom. The Hall–Kier alpha value is -1.94. The van der Waals surface area contributed by atoms with Crippen molar-refractivity contribution in [2.75, 3.05) is 0 Å². The molecule has 0 unspecified atom stereocenters. The Kier molecular flexibility index (Phi) is 3.41. The molecule has 3 rings (SSSR count). The average molecular weight is 307 g/mol. The molecule has 1 aromatic heterocycles. The third-order valence-electron chi connectivity index (χ3n) is 3.41. The minimum absolute atomic E-state index is 0.158. The lowest BCUT2D eigenvalue weighted by molar-refractivity contribution is 0.620. The second-order valence-corrected chi connectivity index (χ2v) is 5.34. The summed E-state index contributed by atoms with van der Waals surface area (Å²) < 4.78 is 29.1. The molecular formula is C16H13ClF2N2. The molecule has 0 aliphatic carbocycles. The van der Waals surface area contributed by atoms with Crippen molar-refractivity contribution in [3.05, 3.63) is 58.9 Å². The van der Waals surface area contributed by atoms with Crippen molar-refractivity contribution in [3.63, 3.8) is 0 Å². The van der Waals surface area contributed by atoms with Gasteiger partial charge in [-0.3, -0.25) is 4.57 Å². The molecule has 5 heteroatoms. The molecule has 2 nitrogen and oxygen atoms in total. The fraction of sp³-hybridized carbons (Fsp3) is 0.188. The molecule has 3 aromatic rings. The van der Waals surface area contributed by atoms with Gasteiger partial charge in [0, 0.05) is 6.07 Å². The van der Waals surface area contributed by atoms with Crippen molar-refractivity contribution in [1.29, 1.82) is 0 Å². The molecule has 0 fully saturated rings. The number of alkyl halides is 1. The van der Waals surface area contributed by atoms with Gasteiger partial charge in [-0.05, 0) is 49.2 Å². The highest BCUT2D eigenvalue weighted by atomic mass is 35.5. The van der Waals surface area contributed by atoms with E-state index in [0.29, 0.717) is 22.6 Å². The van der Waals surface area contributed by atoms with E-state index in [1.165, 1.54) is 18.2 Å². The summed E-state index contributed by atoms with van der Waals surface area (Å²) in [6.45, 7) is 3.50. The molecule has 2 aromatic carbocycles. The van der Waals surface area contributed by atoms with Crippen LogP contribution in [0.4, 0.5) is 8.78 Å². The summed E-state index contributed by atoms with van der Waals surface area (Å²) in [4.78, 5) is 4.34. The van der Waals surface area contributed by atoms with Crippen LogP contribution >= 0.6 is 11.6 Å². The molecule has 1 heterocycles. The maximum absolute atomic E-state index is 13.7. The van der Waals surface area contributed by atoms with Crippen LogP contribution in [0.5, 0.6) is 0 Å². The van der Waals surface area contributed by atoms with Crippen LogP contribution in [0.2, 0.25) is 0 Å². The topological polar surface area (TPSA) is 17.8 Å². The third kappa shape index (κ3) is 2.40. The quantitative estimate of drug-likeness (QED) is 0.630. The predicted octanol–water partition coefficient (Wildman–Crippen LogP) is 4.66. The number of nitrogens with zero attached hydrogens (tertiary/aromatic N) is 2. The highest BCUT2D eigenvalue weighted by molar-refractivity contribution is 6.17. The van der Waals surface area contributed by atoms with E-state index < -0.39 is 0 Å². The molecule has 0 bridgehead atoms. The van der Waals surface area contributed by atoms with Crippen molar-refractivity contribution in [2.45, 2.75) is 19.7 Å². The molecule has 0 aliphatic heterocycles. The van der Waals surface area contributed by atoms with Gasteiger partial charge < -0.3 is 0 Å². The lowest BCUT2D eigenvalue weighted by Crippen LogP contribution is -2.00. The first-order chi connectivity index (χ1) is 9.99. The van der Waals surface area contributed by atoms with Gasteiger partial charge in [-0.25, -0.2) is 13.8 Å². The van der Waals surface area contributed by atoms with Crippen LogP contribution in [0.15, 0.2) is 30.3 Å². The predicted molar refractivity (Wildman–Crippen MR) is 80.0 cm³/mol. The minimum Gasteiger partial charge on any atom is -0.295 e. The second-order valence-electron chi connectivity index (χ2n) is 5.07. The lowest BCUT2D eigenvalue weighted by atomic mass is 10.2. The van der Waals surface area contributed by atoms with Crippen LogP contribution < -0.4 is 0 Å². The van der Waals surface area contributed by atoms with Gasteiger partial charge >= 0.3 is 0 Å². The summed E-state index contributed by atoms with van der Waals surface area (Å²) >= 11 is 5.94. The number of imidazole rings is 1. The molecule has 108 valence electrons. The summed E-state index contributed by atoms with van der Waals surface area (Å²) in [6, 6.07) is 7.80. The number of aryl methyl sites for hydroxylation is 2. The maximum atomic E-state index is 13.7. The number of fused-ring (bicyclic) bond motifs is 1. The first-order valence-electron chi connectivity index (χ1n) is 6.50. The summed E-state index contributed by atoms with van der Waals surface area (Å²) in [5.41, 5.74) is 3.17. The summed E-state index contributed by atoms with van der Waals surface area (Å²) in [7, 11) is 0. The van der Waals surface area contributed by atoms with E-state index in [4.69, 9.17) is 11.6 Å². The van der Waals surface area contributed by atoms with E-state index in [2.05, 4.69) is 4.98 Å². The van der Waals surface area contributed by atoms with E-state index in [0.717, 1.165) is 11.1 Å². The van der Waals surface area contributed by atoms with Gasteiger partial charge in [-0.2, -0.15) is 0 Å². The SMILES string of the molecule is Cc1cc(F)cc(-n2c(CCl)nc3cc(F)c(C)cc32)c1. The van der Waals surface area contributed by atoms with Gasteiger partial charge in [0.2, 0.25) is 0 Å². The van der Waals surface area contributed by atoms with Gasteiger partial charge in [0.15, 0.2) is 0 Å². The van der Waals surface area contributed by atoms with Crippen LogP contribution in [-0.2, 0) is 5.88 Å². The molecule has 0 saturated carbocycles. The van der Waals surface area contributed by atoms with Crippen molar-refractivity contribution in [2.24, 2.45) is 0 Å². The number of hydrogen-bond acceptors (Lipinski definition) is 1. The Morgan fingerprint density at radius 2 is 1.86 bits per heavy atom. The van der Waals surface area contributed by atoms with Crippen molar-refractivity contribution >= 4 is 22.6 Å². The molecular weight excluding hydrogens is 294 g/mol. The molecule has 0 N–H and O–H groups in total. The number of hydrogen-bond donors (Lipinski definition) is 0. The van der Waals surface area contributed by atoms with Crippen LogP contribution in [0.3, 0.4) is 0 Å². The zero-order valence-electron chi connectivity index (χ0n) is 11.6. The van der Waals surface area contributed by atoms with Crippen LogP contribution in [0.1, 0.15) is 17.0 Å². The molecule has 0 radical (unpaired) electrons. The van der Waals surface area contributed by atoms with E-state index in [9.17, 15) is 8.78 Å². The van der Waals surface area contributed by atoms with Gasteiger partial charge in [0.05, 0.1) is 22.6 Å². The summed E-state index contributed by atoms with van der Waals surface area (Å²) in [5, 5.41) is 0. The van der Waals surface area contributed by atoms with Gasteiger partial charge in [0.1, 0.15) is 17.5 Å². The van der Waals surface area contributed by atoms with Crippen LogP contribution in [0.25, 0.3) is 16.7 Å². The fourth-order valence-electron chi connectivity index (χ4n) is 2.48. The zero-order chi connectivity index (χ0) is 15.1. The Balaban J connectivity index is 2.36. The normalized spacial score (nSPS) is 11.3. The Bertz CT molecular complexity index is 820. The van der Waals surface area contributed by atoms with Crippen LogP contribution in [-0.4, -0.2) is 9.55 Å². The summed E-state index contributed by atoms with van der Waals surface area (Å²) in [5.74, 6) is 0.0711. The first-order valence-corrected chi connectivity index (χ1v) is 7.04. The number of rotatable bonds is 2. The zero-order valence-corrected chi connectivity index (χ0v) is 12.4. The molecule has 0 spiro atoms. The van der Waals surface area contributed by atoms with E-state index in [-0.39, 0.29) is 17.5 Å². The lowest BCUT2D eigenvalue weighted by Gasteiger charge is -2.09. The highest BCUT2D eigenvalue weighted by Gasteiger charge is 2.14. The number of aromatic nitrogens is 2. The van der Waals surface area contributed by atoms with Crippen molar-refractivity contribution < 1.29 is 8.78 Å². The average Bonchev–Trinajstić information content (AvgIpc) is 2.75. The Labute approximate surface area is 126 Å². The monoisotopic (exact) mass is 306 g/mol. The molecule has 0 amide bonds. The van der Waals surface area contributed by atoms with E-state index in [1.807, 2.05) is 13.0 Å². The standard InChI is InChI=1S/C16H13ClF2N2/c1-9-3-11(18)6-12(4-9)21-15-5-10(2)13(19)7-14(15)20-16(21)8-17/h3-7H,8H2,1-2H3. The summed E-state index contributed by atoms with van der Waals surface area (Å²) in [6.07, 6.45) is 0. The van der Waals surface area contributed by atoms with Gasteiger partial charge in [-0.1, -0.05) is 0 Å². The maximum Gasteiger partial charge on any atom is 0.129 e. The smallest absolute Gasteiger partial charge is 0.129 e. The number of halogens is 3. The van der Waals surface area contributed by atoms with Crippen molar-refractivity contribution in [1.82, 2.24) is 9.55 Å². The second kappa shape index (κ2) is 5.11. The Morgan fingerprint density at radius 1 is 1.10 bits per heavy atom.